The Morgan fingerprint density at radius 1 is 0.739 bits per heavy atom. The molecular formula is C15H24F7I. The second-order valence-corrected chi connectivity index (χ2v) is 7.39. The van der Waals surface area contributed by atoms with Crippen LogP contribution < -0.4 is 0 Å². The topological polar surface area (TPSA) is 0 Å². The summed E-state index contributed by atoms with van der Waals surface area (Å²) in [5.41, 5.74) is -5.15. The van der Waals surface area contributed by atoms with Gasteiger partial charge in [0.05, 0.1) is 0 Å². The lowest BCUT2D eigenvalue weighted by atomic mass is 9.81. The molecule has 0 saturated carbocycles. The summed E-state index contributed by atoms with van der Waals surface area (Å²) in [7, 11) is 0. The first-order chi connectivity index (χ1) is 10.4. The van der Waals surface area contributed by atoms with Gasteiger partial charge in [-0.1, -0.05) is 75.0 Å². The maximum absolute atomic E-state index is 14.1. The van der Waals surface area contributed by atoms with Crippen LogP contribution in [0, 0.1) is 5.92 Å². The number of alkyl halides is 8. The molecule has 23 heavy (non-hydrogen) atoms. The lowest BCUT2D eigenvalue weighted by Crippen LogP contribution is -2.60. The Bertz CT molecular complexity index is 311. The molecule has 2 unspecified atom stereocenters. The highest BCUT2D eigenvalue weighted by atomic mass is 127. The molecule has 0 rings (SSSR count). The fourth-order valence-electron chi connectivity index (χ4n) is 2.69. The first-order valence-corrected chi connectivity index (χ1v) is 9.14. The second-order valence-electron chi connectivity index (χ2n) is 5.79. The number of halogens is 8. The summed E-state index contributed by atoms with van der Waals surface area (Å²) in [5.74, 6) is -2.13. The minimum atomic E-state index is -5.96. The molecule has 0 aromatic rings. The SMILES string of the molecule is CCCCCCCCC(I)C(CC)C(F)(C(F)(F)F)C(F)(F)F. The van der Waals surface area contributed by atoms with Crippen LogP contribution in [0.4, 0.5) is 30.7 Å². The van der Waals surface area contributed by atoms with Crippen LogP contribution in [0.5, 0.6) is 0 Å². The smallest absolute Gasteiger partial charge is 0.223 e. The van der Waals surface area contributed by atoms with Gasteiger partial charge in [-0.15, -0.1) is 0 Å². The third-order valence-electron chi connectivity index (χ3n) is 4.05. The van der Waals surface area contributed by atoms with E-state index in [4.69, 9.17) is 0 Å². The molecule has 0 aromatic heterocycles. The molecular weight excluding hydrogens is 440 g/mol. The van der Waals surface area contributed by atoms with Gasteiger partial charge in [0.25, 0.3) is 0 Å². The van der Waals surface area contributed by atoms with Crippen molar-refractivity contribution in [1.82, 2.24) is 0 Å². The highest BCUT2D eigenvalue weighted by Gasteiger charge is 2.76. The average Bonchev–Trinajstić information content (AvgIpc) is 2.40. The van der Waals surface area contributed by atoms with E-state index in [2.05, 4.69) is 0 Å². The van der Waals surface area contributed by atoms with Crippen molar-refractivity contribution in [2.45, 2.75) is 87.2 Å². The van der Waals surface area contributed by atoms with Gasteiger partial charge >= 0.3 is 18.0 Å². The van der Waals surface area contributed by atoms with Crippen molar-refractivity contribution >= 4 is 22.6 Å². The fraction of sp³-hybridized carbons (Fsp3) is 1.00. The van der Waals surface area contributed by atoms with E-state index in [0.29, 0.717) is 6.42 Å². The molecule has 0 aliphatic rings. The molecule has 0 saturated heterocycles. The summed E-state index contributed by atoms with van der Waals surface area (Å²) in [6.45, 7) is 3.21. The Balaban J connectivity index is 4.88. The van der Waals surface area contributed by atoms with E-state index in [9.17, 15) is 30.7 Å². The van der Waals surface area contributed by atoms with Gasteiger partial charge in [-0.3, -0.25) is 0 Å². The molecule has 0 aliphatic carbocycles. The van der Waals surface area contributed by atoms with Crippen LogP contribution in [0.3, 0.4) is 0 Å². The zero-order valence-corrected chi connectivity index (χ0v) is 15.5. The monoisotopic (exact) mass is 464 g/mol. The highest BCUT2D eigenvalue weighted by molar-refractivity contribution is 14.1. The van der Waals surface area contributed by atoms with Gasteiger partial charge < -0.3 is 0 Å². The molecule has 0 fully saturated rings. The summed E-state index contributed by atoms with van der Waals surface area (Å²) < 4.78 is 90.1. The van der Waals surface area contributed by atoms with Crippen LogP contribution in [0.2, 0.25) is 0 Å². The third-order valence-corrected chi connectivity index (χ3v) is 5.54. The van der Waals surface area contributed by atoms with Crippen LogP contribution in [0.1, 0.15) is 65.2 Å². The van der Waals surface area contributed by atoms with Crippen molar-refractivity contribution in [3.63, 3.8) is 0 Å². The lowest BCUT2D eigenvalue weighted by molar-refractivity contribution is -0.357. The second kappa shape index (κ2) is 9.65. The predicted octanol–water partition coefficient (Wildman–Crippen LogP) is 7.40. The van der Waals surface area contributed by atoms with Crippen LogP contribution in [0.15, 0.2) is 0 Å². The first-order valence-electron chi connectivity index (χ1n) is 7.89. The molecule has 140 valence electrons. The zero-order valence-electron chi connectivity index (χ0n) is 13.3. The molecule has 0 N–H and O–H groups in total. The molecule has 2 atom stereocenters. The number of hydrogen-bond acceptors (Lipinski definition) is 0. The van der Waals surface area contributed by atoms with E-state index >= 15 is 0 Å². The van der Waals surface area contributed by atoms with Crippen molar-refractivity contribution < 1.29 is 30.7 Å². The number of hydrogen-bond donors (Lipinski definition) is 0. The van der Waals surface area contributed by atoms with E-state index in [1.165, 1.54) is 29.5 Å². The van der Waals surface area contributed by atoms with Gasteiger partial charge in [-0.25, -0.2) is 4.39 Å². The quantitative estimate of drug-likeness (QED) is 0.137. The van der Waals surface area contributed by atoms with Gasteiger partial charge in [0, 0.05) is 9.84 Å². The van der Waals surface area contributed by atoms with Crippen LogP contribution in [-0.2, 0) is 0 Å². The van der Waals surface area contributed by atoms with Gasteiger partial charge in [0.15, 0.2) is 0 Å². The van der Waals surface area contributed by atoms with Crippen LogP contribution >= 0.6 is 22.6 Å². The van der Waals surface area contributed by atoms with Crippen molar-refractivity contribution in [1.29, 1.82) is 0 Å². The summed E-state index contributed by atoms with van der Waals surface area (Å²) in [4.78, 5) is 0. The van der Waals surface area contributed by atoms with E-state index in [1.54, 1.807) is 0 Å². The van der Waals surface area contributed by atoms with E-state index in [1.807, 2.05) is 6.92 Å². The third kappa shape index (κ3) is 6.23. The molecule has 0 amide bonds. The van der Waals surface area contributed by atoms with Crippen molar-refractivity contribution in [2.24, 2.45) is 5.92 Å². The molecule has 8 heteroatoms. The highest BCUT2D eigenvalue weighted by Crippen LogP contribution is 2.54. The Hall–Kier alpha value is 0.240. The maximum Gasteiger partial charge on any atom is 0.431 e. The Morgan fingerprint density at radius 3 is 1.57 bits per heavy atom. The van der Waals surface area contributed by atoms with Gasteiger partial charge in [0.1, 0.15) is 0 Å². The van der Waals surface area contributed by atoms with Crippen molar-refractivity contribution in [3.05, 3.63) is 0 Å². The standard InChI is InChI=1S/C15H24F7I/c1-3-5-6-7-8-9-10-12(23)11(4-2)13(16,14(17,18)19)15(20,21)22/h11-12H,3-10H2,1-2H3. The van der Waals surface area contributed by atoms with Gasteiger partial charge in [-0.05, 0) is 12.8 Å². The van der Waals surface area contributed by atoms with Crippen LogP contribution in [0.25, 0.3) is 0 Å². The predicted molar refractivity (Wildman–Crippen MR) is 85.5 cm³/mol. The van der Waals surface area contributed by atoms with Crippen molar-refractivity contribution in [3.8, 4) is 0 Å². The van der Waals surface area contributed by atoms with E-state index < -0.39 is 34.3 Å². The fourth-order valence-corrected chi connectivity index (χ4v) is 4.13. The largest absolute Gasteiger partial charge is 0.431 e. The van der Waals surface area contributed by atoms with Gasteiger partial charge in [0.2, 0.25) is 0 Å². The van der Waals surface area contributed by atoms with Gasteiger partial charge in [-0.2, -0.15) is 26.3 Å². The molecule has 0 aliphatic heterocycles. The molecule has 0 aromatic carbocycles. The maximum atomic E-state index is 14.1. The van der Waals surface area contributed by atoms with Crippen molar-refractivity contribution in [2.75, 3.05) is 0 Å². The average molecular weight is 464 g/mol. The Labute approximate surface area is 146 Å². The minimum absolute atomic E-state index is 0.156. The number of rotatable bonds is 10. The number of unbranched alkanes of at least 4 members (excludes halogenated alkanes) is 5. The molecule has 0 heterocycles. The molecule has 0 radical (unpaired) electrons. The lowest BCUT2D eigenvalue weighted by Gasteiger charge is -2.38. The summed E-state index contributed by atoms with van der Waals surface area (Å²) in [5, 5.41) is 0. The normalized spacial score (nSPS) is 16.4. The summed E-state index contributed by atoms with van der Waals surface area (Å²) in [6.07, 6.45) is -7.03. The first kappa shape index (κ1) is 23.2. The molecule has 0 spiro atoms. The summed E-state index contributed by atoms with van der Waals surface area (Å²) in [6, 6.07) is 0. The zero-order chi connectivity index (χ0) is 18.3. The minimum Gasteiger partial charge on any atom is -0.223 e. The Morgan fingerprint density at radius 2 is 1.17 bits per heavy atom. The van der Waals surface area contributed by atoms with E-state index in [-0.39, 0.29) is 6.42 Å². The summed E-state index contributed by atoms with van der Waals surface area (Å²) >= 11 is 1.54. The molecule has 0 nitrogen and oxygen atoms in total. The molecule has 0 bridgehead atoms. The van der Waals surface area contributed by atoms with E-state index in [0.717, 1.165) is 32.1 Å². The Kier molecular flexibility index (Phi) is 9.75. The van der Waals surface area contributed by atoms with Crippen LogP contribution in [-0.4, -0.2) is 21.9 Å².